The number of hydrogen-bond donors (Lipinski definition) is 1. The second-order valence-electron chi connectivity index (χ2n) is 8.41. The molecule has 3 heterocycles. The summed E-state index contributed by atoms with van der Waals surface area (Å²) in [6, 6.07) is 4.56. The zero-order chi connectivity index (χ0) is 23.6. The van der Waals surface area contributed by atoms with Crippen LogP contribution in [0, 0.1) is 0 Å². The maximum atomic E-state index is 13.1. The summed E-state index contributed by atoms with van der Waals surface area (Å²) in [6.45, 7) is 0.589. The molecule has 1 atom stereocenters. The molecule has 1 aromatic carbocycles. The van der Waals surface area contributed by atoms with Gasteiger partial charge in [0.15, 0.2) is 0 Å². The zero-order valence-corrected chi connectivity index (χ0v) is 18.0. The van der Waals surface area contributed by atoms with Crippen molar-refractivity contribution in [3.63, 3.8) is 0 Å². The molecule has 0 aliphatic carbocycles. The molecule has 33 heavy (non-hydrogen) atoms. The molecule has 0 radical (unpaired) electrons. The molecule has 2 aliphatic rings. The van der Waals surface area contributed by atoms with Crippen LogP contribution in [-0.4, -0.2) is 50.8 Å². The molecule has 2 aliphatic heterocycles. The molecule has 4 rings (SSSR count). The number of carbonyl (C=O) groups is 3. The quantitative estimate of drug-likeness (QED) is 0.679. The van der Waals surface area contributed by atoms with Crippen LogP contribution < -0.4 is 0 Å². The van der Waals surface area contributed by atoms with Gasteiger partial charge in [0.05, 0.1) is 23.5 Å². The Labute approximate surface area is 188 Å². The maximum Gasteiger partial charge on any atom is 0.416 e. The van der Waals surface area contributed by atoms with E-state index in [0.29, 0.717) is 49.0 Å². The lowest BCUT2D eigenvalue weighted by Gasteiger charge is -2.36. The summed E-state index contributed by atoms with van der Waals surface area (Å²) in [6.07, 6.45) is 0.760. The number of H-pyrrole nitrogens is 1. The van der Waals surface area contributed by atoms with Crippen LogP contribution in [0.2, 0.25) is 0 Å². The van der Waals surface area contributed by atoms with Crippen molar-refractivity contribution >= 4 is 17.7 Å². The Morgan fingerprint density at radius 1 is 1.06 bits per heavy atom. The summed E-state index contributed by atoms with van der Waals surface area (Å²) in [5.74, 6) is -0.654. The molecule has 0 unspecified atom stereocenters. The highest BCUT2D eigenvalue weighted by Gasteiger charge is 2.33. The molecule has 2 aromatic rings. The molecule has 3 amide bonds. The Kier molecular flexibility index (Phi) is 6.53. The number of benzene rings is 1. The van der Waals surface area contributed by atoms with Gasteiger partial charge in [0.1, 0.15) is 0 Å². The fourth-order valence-corrected chi connectivity index (χ4v) is 4.55. The maximum absolute atomic E-state index is 13.1. The van der Waals surface area contributed by atoms with Crippen LogP contribution in [0.4, 0.5) is 13.2 Å². The van der Waals surface area contributed by atoms with E-state index < -0.39 is 11.7 Å². The molecule has 1 N–H and O–H groups in total. The standard InChI is InChI=1S/C23H25F3N4O3/c24-23(25,26)16-9-7-15(8-10-16)17-14-27-28-22(17)18-4-1-2-12-29(18)21(33)11-13-30-19(31)5-3-6-20(30)32/h7-10,14,18H,1-6,11-13H2,(H,27,28)/t18-/m0/s1. The summed E-state index contributed by atoms with van der Waals surface area (Å²) in [5, 5.41) is 7.03. The van der Waals surface area contributed by atoms with Gasteiger partial charge in [-0.3, -0.25) is 24.4 Å². The van der Waals surface area contributed by atoms with Gasteiger partial charge in [-0.25, -0.2) is 0 Å². The lowest BCUT2D eigenvalue weighted by Crippen LogP contribution is -2.44. The first kappa shape index (κ1) is 23.0. The van der Waals surface area contributed by atoms with Gasteiger partial charge in [-0.15, -0.1) is 0 Å². The molecule has 2 saturated heterocycles. The fourth-order valence-electron chi connectivity index (χ4n) is 4.55. The molecular weight excluding hydrogens is 437 g/mol. The minimum absolute atomic E-state index is 0.0394. The number of aromatic amines is 1. The topological polar surface area (TPSA) is 86.4 Å². The van der Waals surface area contributed by atoms with E-state index in [2.05, 4.69) is 10.2 Å². The van der Waals surface area contributed by atoms with Crippen molar-refractivity contribution in [2.45, 2.75) is 57.2 Å². The van der Waals surface area contributed by atoms with Crippen molar-refractivity contribution in [1.29, 1.82) is 0 Å². The van der Waals surface area contributed by atoms with E-state index in [-0.39, 0.29) is 36.7 Å². The van der Waals surface area contributed by atoms with Crippen LogP contribution in [0.15, 0.2) is 30.5 Å². The SMILES string of the molecule is O=C1CCCC(=O)N1CCC(=O)N1CCCC[C@H]1c1[nH]ncc1-c1ccc(C(F)(F)F)cc1. The zero-order valence-electron chi connectivity index (χ0n) is 18.0. The second-order valence-corrected chi connectivity index (χ2v) is 8.41. The van der Waals surface area contributed by atoms with Crippen molar-refractivity contribution in [2.24, 2.45) is 0 Å². The fraction of sp³-hybridized carbons (Fsp3) is 0.478. The Balaban J connectivity index is 1.51. The number of piperidine rings is 2. The molecule has 176 valence electrons. The number of halogens is 3. The van der Waals surface area contributed by atoms with Gasteiger partial charge >= 0.3 is 6.18 Å². The van der Waals surface area contributed by atoms with Crippen LogP contribution in [0.3, 0.4) is 0 Å². The number of amides is 3. The van der Waals surface area contributed by atoms with Crippen LogP contribution in [0.5, 0.6) is 0 Å². The van der Waals surface area contributed by atoms with E-state index in [0.717, 1.165) is 25.0 Å². The molecule has 0 spiro atoms. The number of hydrogen-bond acceptors (Lipinski definition) is 4. The Bertz CT molecular complexity index is 1020. The van der Waals surface area contributed by atoms with Crippen molar-refractivity contribution in [2.75, 3.05) is 13.1 Å². The van der Waals surface area contributed by atoms with E-state index in [1.165, 1.54) is 17.0 Å². The first-order chi connectivity index (χ1) is 15.8. The van der Waals surface area contributed by atoms with Crippen molar-refractivity contribution in [3.05, 3.63) is 41.7 Å². The average molecular weight is 462 g/mol. The Morgan fingerprint density at radius 3 is 2.42 bits per heavy atom. The van der Waals surface area contributed by atoms with Gasteiger partial charge in [-0.2, -0.15) is 18.3 Å². The summed E-state index contributed by atoms with van der Waals surface area (Å²) in [4.78, 5) is 40.0. The summed E-state index contributed by atoms with van der Waals surface area (Å²) < 4.78 is 38.8. The molecule has 1 aromatic heterocycles. The Hall–Kier alpha value is -3.17. The number of aromatic nitrogens is 2. The second kappa shape index (κ2) is 9.36. The number of imide groups is 1. The molecule has 7 nitrogen and oxygen atoms in total. The van der Waals surface area contributed by atoms with E-state index >= 15 is 0 Å². The van der Waals surface area contributed by atoms with E-state index in [1.54, 1.807) is 11.1 Å². The number of nitrogens with one attached hydrogen (secondary N) is 1. The molecule has 10 heteroatoms. The molecule has 0 saturated carbocycles. The number of likely N-dealkylation sites (tertiary alicyclic amines) is 2. The van der Waals surface area contributed by atoms with E-state index in [4.69, 9.17) is 0 Å². The van der Waals surface area contributed by atoms with Crippen LogP contribution in [0.1, 0.15) is 62.2 Å². The highest BCUT2D eigenvalue weighted by atomic mass is 19.4. The molecular formula is C23H25F3N4O3. The minimum Gasteiger partial charge on any atom is -0.334 e. The van der Waals surface area contributed by atoms with Gasteiger partial charge in [0, 0.05) is 37.9 Å². The van der Waals surface area contributed by atoms with Gasteiger partial charge in [-0.05, 0) is 43.4 Å². The predicted molar refractivity (Wildman–Crippen MR) is 113 cm³/mol. The van der Waals surface area contributed by atoms with Crippen LogP contribution in [0.25, 0.3) is 11.1 Å². The summed E-state index contributed by atoms with van der Waals surface area (Å²) in [7, 11) is 0. The highest BCUT2D eigenvalue weighted by Crippen LogP contribution is 2.37. The third kappa shape index (κ3) is 4.94. The predicted octanol–water partition coefficient (Wildman–Crippen LogP) is 4.08. The summed E-state index contributed by atoms with van der Waals surface area (Å²) >= 11 is 0. The first-order valence-electron chi connectivity index (χ1n) is 11.1. The number of rotatable bonds is 5. The molecule has 0 bridgehead atoms. The third-order valence-corrected chi connectivity index (χ3v) is 6.28. The van der Waals surface area contributed by atoms with Gasteiger partial charge < -0.3 is 4.90 Å². The lowest BCUT2D eigenvalue weighted by molar-refractivity contribution is -0.148. The van der Waals surface area contributed by atoms with Gasteiger partial charge in [0.25, 0.3) is 0 Å². The largest absolute Gasteiger partial charge is 0.416 e. The minimum atomic E-state index is -4.42. The monoisotopic (exact) mass is 462 g/mol. The van der Waals surface area contributed by atoms with E-state index in [1.807, 2.05) is 0 Å². The lowest BCUT2D eigenvalue weighted by atomic mass is 9.94. The van der Waals surface area contributed by atoms with Crippen molar-refractivity contribution in [1.82, 2.24) is 20.0 Å². The normalized spacial score (nSPS) is 19.8. The van der Waals surface area contributed by atoms with Crippen molar-refractivity contribution < 1.29 is 27.6 Å². The van der Waals surface area contributed by atoms with Crippen LogP contribution in [-0.2, 0) is 20.6 Å². The highest BCUT2D eigenvalue weighted by molar-refractivity contribution is 5.97. The Morgan fingerprint density at radius 2 is 1.76 bits per heavy atom. The number of carbonyl (C=O) groups excluding carboxylic acids is 3. The van der Waals surface area contributed by atoms with E-state index in [9.17, 15) is 27.6 Å². The third-order valence-electron chi connectivity index (χ3n) is 6.28. The van der Waals surface area contributed by atoms with Gasteiger partial charge in [0.2, 0.25) is 17.7 Å². The number of nitrogens with zero attached hydrogens (tertiary/aromatic N) is 3. The average Bonchev–Trinajstić information content (AvgIpc) is 3.28. The number of alkyl halides is 3. The van der Waals surface area contributed by atoms with Gasteiger partial charge in [-0.1, -0.05) is 12.1 Å². The summed E-state index contributed by atoms with van der Waals surface area (Å²) in [5.41, 5.74) is 1.17. The molecule has 2 fully saturated rings. The van der Waals surface area contributed by atoms with Crippen LogP contribution >= 0.6 is 0 Å². The van der Waals surface area contributed by atoms with Crippen molar-refractivity contribution in [3.8, 4) is 11.1 Å². The smallest absolute Gasteiger partial charge is 0.334 e. The first-order valence-corrected chi connectivity index (χ1v) is 11.1.